The maximum atomic E-state index is 13.3. The van der Waals surface area contributed by atoms with E-state index in [2.05, 4.69) is 11.8 Å². The van der Waals surface area contributed by atoms with Gasteiger partial charge in [0.05, 0.1) is 18.8 Å². The van der Waals surface area contributed by atoms with Crippen molar-refractivity contribution in [2.45, 2.75) is 50.3 Å². The number of aliphatic hydroxyl groups is 1. The molecule has 0 aliphatic carbocycles. The summed E-state index contributed by atoms with van der Waals surface area (Å²) < 4.78 is 33.4. The summed E-state index contributed by atoms with van der Waals surface area (Å²) in [7, 11) is -1.83. The molecule has 1 aliphatic rings. The standard InChI is InChI=1S/C28H31NO7S3/c30-17-19-38-37-18-16-24(31)14-15-27(39(34,35)36)26(32)10-5-11-28(33)29-20-23-8-2-1-6-21(23)12-13-22-7-3-4-9-25(22)29/h1-4,6-9,27,30H,5,10-11,14-20H2,(H,34,35,36). The van der Waals surface area contributed by atoms with Crippen molar-refractivity contribution >= 4 is 54.9 Å². The monoisotopic (exact) mass is 589 g/mol. The van der Waals surface area contributed by atoms with Gasteiger partial charge in [0.1, 0.15) is 11.0 Å². The van der Waals surface area contributed by atoms with E-state index >= 15 is 0 Å². The van der Waals surface area contributed by atoms with Crippen LogP contribution in [-0.2, 0) is 31.0 Å². The number of nitrogens with zero attached hydrogens (tertiary/aromatic N) is 1. The van der Waals surface area contributed by atoms with E-state index in [0.717, 1.165) is 11.1 Å². The molecule has 2 aromatic rings. The molecule has 1 heterocycles. The van der Waals surface area contributed by atoms with Gasteiger partial charge in [-0.1, -0.05) is 63.8 Å². The molecular weight excluding hydrogens is 559 g/mol. The number of ketones is 2. The molecule has 0 saturated heterocycles. The molecule has 1 unspecified atom stereocenters. The Hall–Kier alpha value is -2.62. The first kappa shape index (κ1) is 30.9. The van der Waals surface area contributed by atoms with Gasteiger partial charge in [-0.15, -0.1) is 0 Å². The number of amides is 1. The summed E-state index contributed by atoms with van der Waals surface area (Å²) in [6, 6.07) is 14.9. The molecule has 2 N–H and O–H groups in total. The molecule has 39 heavy (non-hydrogen) atoms. The molecule has 1 amide bonds. The van der Waals surface area contributed by atoms with Gasteiger partial charge in [0, 0.05) is 48.3 Å². The fourth-order valence-corrected chi connectivity index (χ4v) is 6.79. The molecule has 8 nitrogen and oxygen atoms in total. The average molecular weight is 590 g/mol. The zero-order valence-electron chi connectivity index (χ0n) is 21.4. The predicted molar refractivity (Wildman–Crippen MR) is 155 cm³/mol. The number of Topliss-reactive ketones (excluding diaryl/α,β-unsaturated/α-hetero) is 2. The third-order valence-corrected chi connectivity index (χ3v) is 9.72. The summed E-state index contributed by atoms with van der Waals surface area (Å²) in [5.74, 6) is 6.18. The van der Waals surface area contributed by atoms with Gasteiger partial charge in [-0.2, -0.15) is 8.42 Å². The summed E-state index contributed by atoms with van der Waals surface area (Å²) in [6.07, 6.45) is -0.365. The normalized spacial score (nSPS) is 13.2. The highest BCUT2D eigenvalue weighted by molar-refractivity contribution is 8.76. The molecule has 3 rings (SSSR count). The number of hydrogen-bond donors (Lipinski definition) is 2. The van der Waals surface area contributed by atoms with Crippen LogP contribution in [0, 0.1) is 11.8 Å². The number of aliphatic hydroxyl groups excluding tert-OH is 1. The first-order valence-corrected chi connectivity index (χ1v) is 16.5. The molecule has 0 fully saturated rings. The lowest BCUT2D eigenvalue weighted by molar-refractivity contribution is -0.120. The Kier molecular flexibility index (Phi) is 12.1. The Bertz CT molecular complexity index is 1350. The van der Waals surface area contributed by atoms with Crippen molar-refractivity contribution in [1.29, 1.82) is 0 Å². The molecular formula is C28H31NO7S3. The van der Waals surface area contributed by atoms with Crippen molar-refractivity contribution in [2.75, 3.05) is 23.0 Å². The van der Waals surface area contributed by atoms with Gasteiger partial charge in [0.25, 0.3) is 10.1 Å². The first-order chi connectivity index (χ1) is 18.7. The maximum Gasteiger partial charge on any atom is 0.274 e. The van der Waals surface area contributed by atoms with Crippen LogP contribution >= 0.6 is 21.6 Å². The summed E-state index contributed by atoms with van der Waals surface area (Å²) in [6.45, 7) is 0.352. The molecule has 0 saturated carbocycles. The molecule has 11 heteroatoms. The number of rotatable bonds is 15. The van der Waals surface area contributed by atoms with Gasteiger partial charge in [0.15, 0.2) is 5.78 Å². The lowest BCUT2D eigenvalue weighted by atomic mass is 10.0. The van der Waals surface area contributed by atoms with Gasteiger partial charge in [-0.05, 0) is 36.6 Å². The second-order valence-corrected chi connectivity index (χ2v) is 13.2. The van der Waals surface area contributed by atoms with Crippen LogP contribution in [0.15, 0.2) is 48.5 Å². The topological polar surface area (TPSA) is 129 Å². The Morgan fingerprint density at radius 2 is 1.56 bits per heavy atom. The minimum atomic E-state index is -4.70. The van der Waals surface area contributed by atoms with E-state index in [1.165, 1.54) is 21.6 Å². The highest BCUT2D eigenvalue weighted by atomic mass is 33.1. The Labute approximate surface area is 237 Å². The van der Waals surface area contributed by atoms with Crippen LogP contribution in [-0.4, -0.2) is 58.9 Å². The third-order valence-electron chi connectivity index (χ3n) is 6.11. The second kappa shape index (κ2) is 15.2. The summed E-state index contributed by atoms with van der Waals surface area (Å²) in [5.41, 5.74) is 3.09. The molecule has 0 bridgehead atoms. The number of benzene rings is 2. The van der Waals surface area contributed by atoms with Gasteiger partial charge < -0.3 is 10.0 Å². The first-order valence-electron chi connectivity index (χ1n) is 12.6. The van der Waals surface area contributed by atoms with E-state index in [0.29, 0.717) is 29.3 Å². The van der Waals surface area contributed by atoms with Crippen LogP contribution in [0.5, 0.6) is 0 Å². The minimum Gasteiger partial charge on any atom is -0.395 e. The van der Waals surface area contributed by atoms with Crippen LogP contribution in [0.4, 0.5) is 5.69 Å². The number of hydrogen-bond acceptors (Lipinski definition) is 8. The SMILES string of the molecule is O=C(CCSSCCO)CCC(C(=O)CCCC(=O)N1Cc2ccccc2C#Cc2ccccc21)S(=O)(=O)O. The summed E-state index contributed by atoms with van der Waals surface area (Å²) >= 11 is 0. The fraction of sp³-hybridized carbons (Fsp3) is 0.393. The van der Waals surface area contributed by atoms with E-state index in [1.54, 1.807) is 4.90 Å². The third kappa shape index (κ3) is 9.51. The average Bonchev–Trinajstić information content (AvgIpc) is 2.89. The van der Waals surface area contributed by atoms with Crippen molar-refractivity contribution in [3.63, 3.8) is 0 Å². The van der Waals surface area contributed by atoms with Gasteiger partial charge in [-0.3, -0.25) is 18.9 Å². The summed E-state index contributed by atoms with van der Waals surface area (Å²) in [4.78, 5) is 39.8. The Balaban J connectivity index is 1.58. The van der Waals surface area contributed by atoms with E-state index in [-0.39, 0.29) is 56.8 Å². The van der Waals surface area contributed by atoms with Crippen molar-refractivity contribution in [3.8, 4) is 11.8 Å². The molecule has 1 atom stereocenters. The lowest BCUT2D eigenvalue weighted by Crippen LogP contribution is -2.33. The predicted octanol–water partition coefficient (Wildman–Crippen LogP) is 4.04. The molecule has 0 spiro atoms. The largest absolute Gasteiger partial charge is 0.395 e. The van der Waals surface area contributed by atoms with Crippen molar-refractivity contribution in [1.82, 2.24) is 0 Å². The molecule has 0 aromatic heterocycles. The lowest BCUT2D eigenvalue weighted by Gasteiger charge is -2.26. The van der Waals surface area contributed by atoms with Crippen LogP contribution < -0.4 is 4.90 Å². The fourth-order valence-electron chi connectivity index (χ4n) is 4.12. The van der Waals surface area contributed by atoms with E-state index < -0.39 is 21.2 Å². The Morgan fingerprint density at radius 1 is 0.897 bits per heavy atom. The van der Waals surface area contributed by atoms with Gasteiger partial charge in [-0.25, -0.2) is 0 Å². The van der Waals surface area contributed by atoms with Gasteiger partial charge in [0.2, 0.25) is 5.91 Å². The minimum absolute atomic E-state index is 0.00444. The zero-order valence-corrected chi connectivity index (χ0v) is 23.8. The molecule has 0 radical (unpaired) electrons. The smallest absolute Gasteiger partial charge is 0.274 e. The van der Waals surface area contributed by atoms with E-state index in [4.69, 9.17) is 5.11 Å². The van der Waals surface area contributed by atoms with E-state index in [1.807, 2.05) is 48.5 Å². The molecule has 1 aliphatic heterocycles. The Morgan fingerprint density at radius 3 is 2.31 bits per heavy atom. The number of carbonyl (C=O) groups is 3. The van der Waals surface area contributed by atoms with Crippen LogP contribution in [0.25, 0.3) is 0 Å². The highest BCUT2D eigenvalue weighted by Crippen LogP contribution is 2.27. The number of para-hydroxylation sites is 1. The second-order valence-electron chi connectivity index (χ2n) is 8.92. The molecule has 2 aromatic carbocycles. The quantitative estimate of drug-likeness (QED) is 0.137. The number of carbonyl (C=O) groups excluding carboxylic acids is 3. The number of fused-ring (bicyclic) bond motifs is 2. The van der Waals surface area contributed by atoms with E-state index in [9.17, 15) is 27.4 Å². The molecule has 208 valence electrons. The zero-order chi connectivity index (χ0) is 28.3. The van der Waals surface area contributed by atoms with Crippen molar-refractivity contribution < 1.29 is 32.5 Å². The van der Waals surface area contributed by atoms with Gasteiger partial charge >= 0.3 is 0 Å². The van der Waals surface area contributed by atoms with Crippen LogP contribution in [0.3, 0.4) is 0 Å². The van der Waals surface area contributed by atoms with Crippen LogP contribution in [0.1, 0.15) is 55.2 Å². The van der Waals surface area contributed by atoms with Crippen molar-refractivity contribution in [2.24, 2.45) is 0 Å². The highest BCUT2D eigenvalue weighted by Gasteiger charge is 2.31. The van der Waals surface area contributed by atoms with Crippen molar-refractivity contribution in [3.05, 3.63) is 65.2 Å². The maximum absolute atomic E-state index is 13.3. The number of anilines is 1. The van der Waals surface area contributed by atoms with Crippen LogP contribution in [0.2, 0.25) is 0 Å². The summed E-state index contributed by atoms with van der Waals surface area (Å²) in [5, 5.41) is 7.07.